The van der Waals surface area contributed by atoms with Crippen molar-refractivity contribution in [2.75, 3.05) is 46.1 Å². The van der Waals surface area contributed by atoms with E-state index in [1.807, 2.05) is 130 Å². The molecule has 4 aromatic carbocycles. The zero-order chi connectivity index (χ0) is 50.3. The maximum atomic E-state index is 14.9. The topological polar surface area (TPSA) is 168 Å². The van der Waals surface area contributed by atoms with Crippen LogP contribution in [0.25, 0.3) is 0 Å². The van der Waals surface area contributed by atoms with Gasteiger partial charge < -0.3 is 35.2 Å². The van der Waals surface area contributed by atoms with Gasteiger partial charge in [-0.3, -0.25) is 28.9 Å². The summed E-state index contributed by atoms with van der Waals surface area (Å²) in [4.78, 5) is 73.9. The number of ketones is 1. The SMILES string of the molecule is CC(C)C[C@H](NC(=O)[C@H](CCc1ccccc1)NC(=O)CN1CCOCC1)C(=O)N[C@@H](Cc1ccccc1)C(=O)N[C@@H](CC(C)C)C(=O)[C@@]1(CO[Si](c2ccccc2)(c2ccccc2)C(C)(C)C)CO1. The summed E-state index contributed by atoms with van der Waals surface area (Å²) in [5.74, 6) is -2.16. The van der Waals surface area contributed by atoms with E-state index in [-0.39, 0.29) is 61.2 Å². The van der Waals surface area contributed by atoms with E-state index < -0.39 is 55.8 Å². The van der Waals surface area contributed by atoms with E-state index in [1.165, 1.54) is 0 Å². The Morgan fingerprint density at radius 2 is 1.09 bits per heavy atom. The Morgan fingerprint density at radius 1 is 0.629 bits per heavy atom. The van der Waals surface area contributed by atoms with Crippen LogP contribution < -0.4 is 31.6 Å². The molecular weight excluding hydrogens is 899 g/mol. The summed E-state index contributed by atoms with van der Waals surface area (Å²) < 4.78 is 18.7. The molecule has 0 aromatic heterocycles. The van der Waals surface area contributed by atoms with Crippen molar-refractivity contribution in [2.45, 2.75) is 115 Å². The minimum absolute atomic E-state index is 0.00432. The Kier molecular flexibility index (Phi) is 19.3. The second-order valence-electron chi connectivity index (χ2n) is 20.8. The van der Waals surface area contributed by atoms with Crippen LogP contribution in [0.3, 0.4) is 0 Å². The fourth-order valence-corrected chi connectivity index (χ4v) is 14.0. The van der Waals surface area contributed by atoms with E-state index in [0.717, 1.165) is 21.5 Å². The molecule has 70 heavy (non-hydrogen) atoms. The third-order valence-electron chi connectivity index (χ3n) is 13.2. The molecule has 0 saturated carbocycles. The molecule has 0 unspecified atom stereocenters. The summed E-state index contributed by atoms with van der Waals surface area (Å²) in [7, 11) is -3.05. The highest BCUT2D eigenvalue weighted by Gasteiger charge is 2.58. The van der Waals surface area contributed by atoms with Crippen molar-refractivity contribution >= 4 is 48.1 Å². The molecule has 0 aliphatic carbocycles. The number of ether oxygens (including phenoxy) is 2. The molecule has 376 valence electrons. The van der Waals surface area contributed by atoms with Gasteiger partial charge in [-0.2, -0.15) is 0 Å². The predicted molar refractivity (Wildman–Crippen MR) is 276 cm³/mol. The van der Waals surface area contributed by atoms with Crippen LogP contribution in [-0.4, -0.2) is 118 Å². The molecule has 2 saturated heterocycles. The van der Waals surface area contributed by atoms with Crippen LogP contribution >= 0.6 is 0 Å². The third kappa shape index (κ3) is 14.8. The lowest BCUT2D eigenvalue weighted by atomic mass is 9.92. The zero-order valence-electron chi connectivity index (χ0n) is 42.2. The minimum Gasteiger partial charge on any atom is -0.404 e. The third-order valence-corrected chi connectivity index (χ3v) is 18.1. The summed E-state index contributed by atoms with van der Waals surface area (Å²) in [6.45, 7) is 17.0. The highest BCUT2D eigenvalue weighted by molar-refractivity contribution is 6.99. The number of hydrogen-bond donors (Lipinski definition) is 4. The number of epoxide rings is 1. The first kappa shape index (κ1) is 53.8. The number of nitrogens with one attached hydrogen (secondary N) is 4. The van der Waals surface area contributed by atoms with Gasteiger partial charge in [-0.25, -0.2) is 0 Å². The molecule has 0 spiro atoms. The number of benzene rings is 4. The largest absolute Gasteiger partial charge is 0.404 e. The Balaban J connectivity index is 1.22. The molecule has 2 fully saturated rings. The first-order chi connectivity index (χ1) is 33.5. The maximum Gasteiger partial charge on any atom is 0.261 e. The van der Waals surface area contributed by atoms with Crippen LogP contribution in [0, 0.1) is 11.8 Å². The zero-order valence-corrected chi connectivity index (χ0v) is 43.2. The van der Waals surface area contributed by atoms with Crippen molar-refractivity contribution in [3.05, 3.63) is 132 Å². The summed E-state index contributed by atoms with van der Waals surface area (Å²) in [6, 6.07) is 35.5. The molecule has 2 aliphatic rings. The molecule has 4 N–H and O–H groups in total. The number of carbonyl (C=O) groups excluding carboxylic acids is 5. The number of nitrogens with zero attached hydrogens (tertiary/aromatic N) is 1. The van der Waals surface area contributed by atoms with Crippen LogP contribution in [0.15, 0.2) is 121 Å². The monoisotopic (exact) mass is 974 g/mol. The predicted octanol–water partition coefficient (Wildman–Crippen LogP) is 5.14. The summed E-state index contributed by atoms with van der Waals surface area (Å²) >= 11 is 0. The fourth-order valence-electron chi connectivity index (χ4n) is 9.40. The van der Waals surface area contributed by atoms with E-state index in [4.69, 9.17) is 13.9 Å². The van der Waals surface area contributed by atoms with Gasteiger partial charge in [0.25, 0.3) is 8.32 Å². The van der Waals surface area contributed by atoms with Gasteiger partial charge in [-0.15, -0.1) is 0 Å². The van der Waals surface area contributed by atoms with Gasteiger partial charge >= 0.3 is 0 Å². The lowest BCUT2D eigenvalue weighted by molar-refractivity contribution is -0.135. The number of carbonyl (C=O) groups is 5. The number of amides is 4. The number of aryl methyl sites for hydroxylation is 1. The smallest absolute Gasteiger partial charge is 0.261 e. The van der Waals surface area contributed by atoms with Gasteiger partial charge in [0.1, 0.15) is 18.1 Å². The number of Topliss-reactive ketones (excluding diaryl/α,β-unsaturated/α-hetero) is 1. The second kappa shape index (κ2) is 25.0. The molecule has 14 heteroatoms. The van der Waals surface area contributed by atoms with E-state index >= 15 is 0 Å². The van der Waals surface area contributed by atoms with E-state index in [9.17, 15) is 24.0 Å². The van der Waals surface area contributed by atoms with Crippen molar-refractivity contribution in [3.8, 4) is 0 Å². The second-order valence-corrected chi connectivity index (χ2v) is 25.1. The molecule has 0 bridgehead atoms. The normalized spacial score (nSPS) is 18.0. The van der Waals surface area contributed by atoms with Crippen LogP contribution in [0.4, 0.5) is 0 Å². The fraction of sp³-hybridized carbons (Fsp3) is 0.482. The van der Waals surface area contributed by atoms with Gasteiger partial charge in [-0.05, 0) is 64.1 Å². The van der Waals surface area contributed by atoms with Crippen molar-refractivity contribution in [1.29, 1.82) is 0 Å². The molecule has 2 aliphatic heterocycles. The molecule has 2 heterocycles. The Hall–Kier alpha value is -5.51. The number of morpholine rings is 1. The molecule has 4 aromatic rings. The summed E-state index contributed by atoms with van der Waals surface area (Å²) in [6.07, 6.45) is 1.54. The molecule has 5 atom stereocenters. The van der Waals surface area contributed by atoms with Gasteiger partial charge in [0.05, 0.1) is 39.0 Å². The van der Waals surface area contributed by atoms with Crippen LogP contribution in [-0.2, 0) is 50.7 Å². The summed E-state index contributed by atoms with van der Waals surface area (Å²) in [5, 5.41) is 13.8. The number of hydrogen-bond acceptors (Lipinski definition) is 9. The average molecular weight is 974 g/mol. The van der Waals surface area contributed by atoms with Crippen LogP contribution in [0.1, 0.15) is 78.9 Å². The van der Waals surface area contributed by atoms with Crippen molar-refractivity contribution in [2.24, 2.45) is 11.8 Å². The van der Waals surface area contributed by atoms with Gasteiger partial charge in [0.2, 0.25) is 23.6 Å². The Labute approximate surface area is 416 Å². The van der Waals surface area contributed by atoms with Gasteiger partial charge in [0.15, 0.2) is 11.4 Å². The van der Waals surface area contributed by atoms with Crippen molar-refractivity contribution < 1.29 is 37.9 Å². The highest BCUT2D eigenvalue weighted by Crippen LogP contribution is 2.40. The molecule has 13 nitrogen and oxygen atoms in total. The lowest BCUT2D eigenvalue weighted by Crippen LogP contribution is -2.67. The first-order valence-corrected chi connectivity index (χ1v) is 26.9. The van der Waals surface area contributed by atoms with Crippen LogP contribution in [0.2, 0.25) is 5.04 Å². The van der Waals surface area contributed by atoms with Gasteiger partial charge in [-0.1, -0.05) is 170 Å². The van der Waals surface area contributed by atoms with Crippen LogP contribution in [0.5, 0.6) is 0 Å². The van der Waals surface area contributed by atoms with Crippen molar-refractivity contribution in [1.82, 2.24) is 26.2 Å². The Bertz CT molecular complexity index is 2260. The molecule has 0 radical (unpaired) electrons. The molecule has 6 rings (SSSR count). The lowest BCUT2D eigenvalue weighted by Gasteiger charge is -2.43. The molecule has 4 amide bonds. The minimum atomic E-state index is -3.05. The van der Waals surface area contributed by atoms with Gasteiger partial charge in [0, 0.05) is 19.5 Å². The van der Waals surface area contributed by atoms with E-state index in [2.05, 4.69) is 66.3 Å². The maximum absolute atomic E-state index is 14.9. The van der Waals surface area contributed by atoms with E-state index in [1.54, 1.807) is 0 Å². The first-order valence-electron chi connectivity index (χ1n) is 25.0. The summed E-state index contributed by atoms with van der Waals surface area (Å²) in [5.41, 5.74) is 0.525. The van der Waals surface area contributed by atoms with E-state index in [0.29, 0.717) is 45.6 Å². The Morgan fingerprint density at radius 3 is 1.60 bits per heavy atom. The number of rotatable bonds is 25. The average Bonchev–Trinajstić information content (AvgIpc) is 4.14. The quantitative estimate of drug-likeness (QED) is 0.0520. The van der Waals surface area contributed by atoms with Crippen molar-refractivity contribution in [3.63, 3.8) is 0 Å². The standard InChI is InChI=1S/C56H75N5O8Si/c1-40(2)34-47(51(63)56(38-68-56)39-69-70(55(5,6)7,44-24-16-10-17-25-44)45-26-18-11-19-27-45)58-54(66)49(36-43-22-14-9-15-23-43)60-53(65)48(35-41(3)4)59-52(64)46(29-28-42-20-12-8-13-21-42)57-50(62)37-61-30-32-67-33-31-61/h8-27,40-41,46-49H,28-39H2,1-7H3,(H,57,62)(H,58,66)(H,59,64)(H,60,65)/t46-,47-,48-,49-,56-/m0/s1. The molecular formula is C56H75N5O8Si. The highest BCUT2D eigenvalue weighted by atomic mass is 28.4.